The quantitative estimate of drug-likeness (QED) is 0.798. The molecule has 1 amide bonds. The van der Waals surface area contributed by atoms with E-state index in [1.165, 1.54) is 4.90 Å². The molecule has 1 aliphatic rings. The average molecular weight is 332 g/mol. The van der Waals surface area contributed by atoms with E-state index in [2.05, 4.69) is 17.2 Å². The lowest BCUT2D eigenvalue weighted by Crippen LogP contribution is -2.38. The highest BCUT2D eigenvalue weighted by Gasteiger charge is 2.48. The molecule has 0 spiro atoms. The average Bonchev–Trinajstić information content (AvgIpc) is 3.08. The molecular weight excluding hydrogens is 312 g/mol. The Labute approximate surface area is 146 Å². The molecule has 2 heterocycles. The number of nitrogens with zero attached hydrogens (tertiary/aromatic N) is 2. The van der Waals surface area contributed by atoms with E-state index in [1.54, 1.807) is 7.05 Å². The second kappa shape index (κ2) is 5.33. The van der Waals surface area contributed by atoms with Crippen molar-refractivity contribution in [3.8, 4) is 0 Å². The third-order valence-electron chi connectivity index (χ3n) is 5.13. The molecule has 25 heavy (non-hydrogen) atoms. The molecule has 0 saturated heterocycles. The van der Waals surface area contributed by atoms with Crippen LogP contribution in [0.25, 0.3) is 16.5 Å². The number of benzene rings is 2. The first-order valence-electron chi connectivity index (χ1n) is 8.25. The number of para-hydroxylation sites is 1. The molecule has 0 bridgehead atoms. The number of amides is 1. The van der Waals surface area contributed by atoms with Crippen molar-refractivity contribution in [2.24, 2.45) is 7.05 Å². The van der Waals surface area contributed by atoms with Crippen molar-refractivity contribution in [2.45, 2.75) is 12.0 Å². The van der Waals surface area contributed by atoms with Crippen molar-refractivity contribution in [3.63, 3.8) is 0 Å². The number of aromatic nitrogens is 1. The lowest BCUT2D eigenvalue weighted by molar-refractivity contribution is -0.135. The molecule has 1 N–H and O–H groups in total. The Kier molecular flexibility index (Phi) is 3.34. The Morgan fingerprint density at radius 1 is 1.16 bits per heavy atom. The summed E-state index contributed by atoms with van der Waals surface area (Å²) >= 11 is 0. The van der Waals surface area contributed by atoms with Crippen LogP contribution in [0.2, 0.25) is 0 Å². The lowest BCUT2D eigenvalue weighted by Gasteiger charge is -2.23. The molecule has 4 rings (SSSR count). The highest BCUT2D eigenvalue weighted by Crippen LogP contribution is 2.44. The minimum atomic E-state index is -1.56. The number of fused-ring (bicyclic) bond motifs is 2. The molecule has 0 radical (unpaired) electrons. The molecule has 1 atom stereocenters. The van der Waals surface area contributed by atoms with Crippen LogP contribution in [0.5, 0.6) is 0 Å². The zero-order chi connectivity index (χ0) is 17.8. The molecular formula is C21H20N2O2. The van der Waals surface area contributed by atoms with Crippen molar-refractivity contribution >= 4 is 28.1 Å². The van der Waals surface area contributed by atoms with Crippen molar-refractivity contribution in [1.29, 1.82) is 0 Å². The van der Waals surface area contributed by atoms with Crippen LogP contribution < -0.4 is 4.90 Å². The first-order chi connectivity index (χ1) is 11.9. The maximum atomic E-state index is 12.7. The zero-order valence-electron chi connectivity index (χ0n) is 14.4. The van der Waals surface area contributed by atoms with Crippen LogP contribution >= 0.6 is 0 Å². The van der Waals surface area contributed by atoms with Crippen LogP contribution in [0.3, 0.4) is 0 Å². The van der Waals surface area contributed by atoms with Gasteiger partial charge in [0.1, 0.15) is 0 Å². The summed E-state index contributed by atoms with van der Waals surface area (Å²) in [4.78, 5) is 14.2. The summed E-state index contributed by atoms with van der Waals surface area (Å²) < 4.78 is 2.06. The fourth-order valence-electron chi connectivity index (χ4n) is 3.70. The molecule has 4 nitrogen and oxygen atoms in total. The van der Waals surface area contributed by atoms with Gasteiger partial charge in [-0.25, -0.2) is 0 Å². The highest BCUT2D eigenvalue weighted by molar-refractivity contribution is 6.07. The van der Waals surface area contributed by atoms with Crippen molar-refractivity contribution < 1.29 is 9.90 Å². The number of carbonyl (C=O) groups is 1. The van der Waals surface area contributed by atoms with Crippen molar-refractivity contribution in [1.82, 2.24) is 4.57 Å². The van der Waals surface area contributed by atoms with Gasteiger partial charge in [-0.1, -0.05) is 30.8 Å². The first-order valence-corrected chi connectivity index (χ1v) is 8.25. The van der Waals surface area contributed by atoms with Crippen LogP contribution in [0.4, 0.5) is 5.69 Å². The van der Waals surface area contributed by atoms with Crippen molar-refractivity contribution in [3.05, 3.63) is 72.4 Å². The fourth-order valence-corrected chi connectivity index (χ4v) is 3.70. The number of hydrogen-bond donors (Lipinski definition) is 1. The van der Waals surface area contributed by atoms with E-state index in [9.17, 15) is 9.90 Å². The van der Waals surface area contributed by atoms with Crippen LogP contribution in [0, 0.1) is 0 Å². The van der Waals surface area contributed by atoms with Gasteiger partial charge < -0.3 is 14.6 Å². The molecule has 0 saturated carbocycles. The predicted octanol–water partition coefficient (Wildman–Crippen LogP) is 3.45. The summed E-state index contributed by atoms with van der Waals surface area (Å²) in [6.07, 6.45) is 2.18. The van der Waals surface area contributed by atoms with Crippen LogP contribution in [0.1, 0.15) is 17.5 Å². The number of aryl methyl sites for hydroxylation is 1. The molecule has 3 aromatic rings. The third kappa shape index (κ3) is 2.22. The number of likely N-dealkylation sites (N-methyl/N-ethyl adjacent to an activating group) is 1. The molecule has 1 unspecified atom stereocenters. The first kappa shape index (κ1) is 15.7. The minimum Gasteiger partial charge on any atom is -0.375 e. The predicted molar refractivity (Wildman–Crippen MR) is 100 cm³/mol. The Hall–Kier alpha value is -2.85. The smallest absolute Gasteiger partial charge is 0.263 e. The van der Waals surface area contributed by atoms with E-state index in [1.807, 2.05) is 55.7 Å². The monoisotopic (exact) mass is 332 g/mol. The standard InChI is InChI=1S/C21H20N2O2/c1-14(15-8-9-18-16(12-15)10-11-22(18)2)13-21(25)17-6-4-5-7-19(17)23(3)20(21)24/h4-12,25H,1,13H2,2-3H3. The van der Waals surface area contributed by atoms with E-state index >= 15 is 0 Å². The van der Waals surface area contributed by atoms with Crippen LogP contribution in [-0.4, -0.2) is 22.6 Å². The fraction of sp³-hybridized carbons (Fsp3) is 0.190. The number of anilines is 1. The minimum absolute atomic E-state index is 0.172. The van der Waals surface area contributed by atoms with Gasteiger partial charge in [-0.3, -0.25) is 4.79 Å². The van der Waals surface area contributed by atoms with Crippen LogP contribution in [-0.2, 0) is 17.4 Å². The number of aliphatic hydroxyl groups is 1. The summed E-state index contributed by atoms with van der Waals surface area (Å²) in [6, 6.07) is 15.5. The van der Waals surface area contributed by atoms with Crippen molar-refractivity contribution in [2.75, 3.05) is 11.9 Å². The number of carbonyl (C=O) groups excluding carboxylic acids is 1. The van der Waals surface area contributed by atoms with Gasteiger partial charge in [0, 0.05) is 43.2 Å². The molecule has 0 aliphatic carbocycles. The van der Waals surface area contributed by atoms with Crippen LogP contribution in [0.15, 0.2) is 61.3 Å². The second-order valence-electron chi connectivity index (χ2n) is 6.72. The summed E-state index contributed by atoms with van der Waals surface area (Å²) in [5.74, 6) is -0.310. The maximum Gasteiger partial charge on any atom is 0.263 e. The Morgan fingerprint density at radius 2 is 1.92 bits per heavy atom. The topological polar surface area (TPSA) is 45.5 Å². The molecule has 126 valence electrons. The van der Waals surface area contributed by atoms with E-state index in [4.69, 9.17) is 0 Å². The summed E-state index contributed by atoms with van der Waals surface area (Å²) in [5, 5.41) is 12.3. The van der Waals surface area contributed by atoms with E-state index in [0.717, 1.165) is 27.7 Å². The Balaban J connectivity index is 1.71. The normalized spacial score (nSPS) is 19.5. The molecule has 4 heteroatoms. The zero-order valence-corrected chi connectivity index (χ0v) is 14.4. The molecule has 2 aromatic carbocycles. The second-order valence-corrected chi connectivity index (χ2v) is 6.72. The largest absolute Gasteiger partial charge is 0.375 e. The van der Waals surface area contributed by atoms with Gasteiger partial charge in [-0.2, -0.15) is 0 Å². The van der Waals surface area contributed by atoms with E-state index in [0.29, 0.717) is 5.56 Å². The molecule has 0 fully saturated rings. The van der Waals surface area contributed by atoms with E-state index < -0.39 is 5.60 Å². The van der Waals surface area contributed by atoms with Gasteiger partial charge in [0.2, 0.25) is 0 Å². The van der Waals surface area contributed by atoms with Gasteiger partial charge in [-0.15, -0.1) is 0 Å². The Morgan fingerprint density at radius 3 is 2.72 bits per heavy atom. The highest BCUT2D eigenvalue weighted by atomic mass is 16.3. The SMILES string of the molecule is C=C(CC1(O)C(=O)N(C)c2ccccc21)c1ccc2c(ccn2C)c1. The van der Waals surface area contributed by atoms with E-state index in [-0.39, 0.29) is 12.3 Å². The number of hydrogen-bond acceptors (Lipinski definition) is 2. The third-order valence-corrected chi connectivity index (χ3v) is 5.13. The van der Waals surface area contributed by atoms with Gasteiger partial charge in [0.05, 0.1) is 5.69 Å². The molecule has 1 aromatic heterocycles. The molecule has 1 aliphatic heterocycles. The Bertz CT molecular complexity index is 1020. The summed E-state index contributed by atoms with van der Waals surface area (Å²) in [7, 11) is 3.70. The maximum absolute atomic E-state index is 12.7. The van der Waals surface area contributed by atoms with Gasteiger partial charge >= 0.3 is 0 Å². The lowest BCUT2D eigenvalue weighted by atomic mass is 9.86. The van der Waals surface area contributed by atoms with Gasteiger partial charge in [-0.05, 0) is 35.4 Å². The number of rotatable bonds is 3. The van der Waals surface area contributed by atoms with Gasteiger partial charge in [0.15, 0.2) is 5.60 Å². The summed E-state index contributed by atoms with van der Waals surface area (Å²) in [5.41, 5.74) is 2.65. The van der Waals surface area contributed by atoms with Gasteiger partial charge in [0.25, 0.3) is 5.91 Å². The summed E-state index contributed by atoms with van der Waals surface area (Å²) in [6.45, 7) is 4.14.